The van der Waals surface area contributed by atoms with Gasteiger partial charge in [-0.15, -0.1) is 0 Å². The van der Waals surface area contributed by atoms with Gasteiger partial charge in [0.2, 0.25) is 0 Å². The molecule has 4 aromatic carbocycles. The molecule has 148 valence electrons. The molecule has 4 rings (SSSR count). The summed E-state index contributed by atoms with van der Waals surface area (Å²) in [6.45, 7) is 4.66. The largest absolute Gasteiger partial charge is 0.114 e. The fourth-order valence-electron chi connectivity index (χ4n) is 4.49. The van der Waals surface area contributed by atoms with E-state index in [-0.39, 0.29) is 5.31 Å². The average molecular weight is 388 g/mol. The van der Waals surface area contributed by atoms with Crippen molar-refractivity contribution in [2.24, 2.45) is 0 Å². The summed E-state index contributed by atoms with van der Waals surface area (Å²) in [6, 6.07) is 37.3. The smallest absolute Gasteiger partial charge is 0.0654 e. The first-order chi connectivity index (χ1) is 14.6. The Morgan fingerprint density at radius 3 is 1.43 bits per heavy atom. The first-order valence-electron chi connectivity index (χ1n) is 10.9. The maximum atomic E-state index is 2.45. The number of hydrogen-bond acceptors (Lipinski definition) is 0. The zero-order chi connectivity index (χ0) is 21.0. The Morgan fingerprint density at radius 2 is 1.00 bits per heavy atom. The van der Waals surface area contributed by atoms with Crippen molar-refractivity contribution in [3.05, 3.63) is 109 Å². The lowest BCUT2D eigenvalue weighted by Gasteiger charge is -2.30. The zero-order valence-corrected chi connectivity index (χ0v) is 18.2. The van der Waals surface area contributed by atoms with Crippen molar-refractivity contribution in [1.82, 2.24) is 0 Å². The van der Waals surface area contributed by atoms with Crippen LogP contribution in [0.4, 0.5) is 0 Å². The lowest BCUT2D eigenvalue weighted by Crippen LogP contribution is -2.23. The molecule has 1 heteroatoms. The molecule has 0 fully saturated rings. The highest BCUT2D eigenvalue weighted by Crippen LogP contribution is 2.42. The van der Waals surface area contributed by atoms with E-state index in [1.807, 2.05) is 0 Å². The predicted octanol–water partition coefficient (Wildman–Crippen LogP) is 7.34. The van der Waals surface area contributed by atoms with Crippen molar-refractivity contribution in [3.63, 3.8) is 0 Å². The van der Waals surface area contributed by atoms with E-state index >= 15 is 0 Å². The summed E-state index contributed by atoms with van der Waals surface area (Å²) in [4.78, 5) is 0. The summed E-state index contributed by atoms with van der Waals surface area (Å²) in [6.07, 6.45) is 2.33. The zero-order valence-electron chi connectivity index (χ0n) is 18.2. The topological polar surface area (TPSA) is 0 Å². The molecule has 0 heterocycles. The highest BCUT2D eigenvalue weighted by atomic mass is 14.3. The summed E-state index contributed by atoms with van der Waals surface area (Å²) >= 11 is 0. The van der Waals surface area contributed by atoms with Crippen LogP contribution in [0.2, 0.25) is 0 Å². The van der Waals surface area contributed by atoms with Crippen molar-refractivity contribution in [2.45, 2.75) is 32.0 Å². The summed E-state index contributed by atoms with van der Waals surface area (Å²) in [5.74, 6) is 0. The maximum absolute atomic E-state index is 2.45. The van der Waals surface area contributed by atoms with E-state index in [4.69, 9.17) is 0 Å². The minimum Gasteiger partial charge on any atom is -0.0654 e. The van der Waals surface area contributed by atoms with Crippen LogP contribution in [0.1, 0.15) is 32.3 Å². The number of hydrogen-bond donors (Lipinski definition) is 0. The predicted molar refractivity (Wildman–Crippen MR) is 134 cm³/mol. The molecule has 1 atom stereocenters. The molecule has 0 spiro atoms. The van der Waals surface area contributed by atoms with Gasteiger partial charge < -0.3 is 0 Å². The Balaban J connectivity index is 2.05. The van der Waals surface area contributed by atoms with Gasteiger partial charge in [-0.2, -0.15) is 0 Å². The molecule has 0 aliphatic rings. The van der Waals surface area contributed by atoms with Gasteiger partial charge in [0.25, 0.3) is 0 Å². The minimum absolute atomic E-state index is 0.0959. The van der Waals surface area contributed by atoms with Gasteiger partial charge in [0, 0.05) is 0 Å². The van der Waals surface area contributed by atoms with Crippen molar-refractivity contribution in [3.8, 4) is 33.4 Å². The van der Waals surface area contributed by atoms with Gasteiger partial charge in [-0.05, 0) is 50.3 Å². The molecule has 0 radical (unpaired) electrons. The van der Waals surface area contributed by atoms with Crippen LogP contribution in [0, 0.1) is 0 Å². The second-order valence-corrected chi connectivity index (χ2v) is 8.68. The molecule has 30 heavy (non-hydrogen) atoms. The second-order valence-electron chi connectivity index (χ2n) is 8.68. The van der Waals surface area contributed by atoms with E-state index in [1.54, 1.807) is 0 Å². The van der Waals surface area contributed by atoms with Crippen LogP contribution < -0.4 is 0 Å². The molecule has 0 saturated carbocycles. The van der Waals surface area contributed by atoms with Crippen LogP contribution in [0.3, 0.4) is 0 Å². The first kappa shape index (κ1) is 20.2. The maximum Gasteiger partial charge on any atom is 0.114 e. The van der Waals surface area contributed by atoms with Crippen LogP contribution in [-0.2, 0) is 5.31 Å². The molecule has 0 bridgehead atoms. The van der Waals surface area contributed by atoms with Crippen LogP contribution in [0.25, 0.3) is 33.4 Å². The van der Waals surface area contributed by atoms with Crippen LogP contribution >= 0.6 is 0 Å². The molecule has 0 saturated heterocycles. The highest BCUT2D eigenvalue weighted by molar-refractivity contribution is 6.16. The van der Waals surface area contributed by atoms with E-state index in [2.05, 4.69) is 125 Å². The number of rotatable bonds is 6. The minimum atomic E-state index is 0.0959. The Bertz CT molecular complexity index is 1100. The highest BCUT2D eigenvalue weighted by Gasteiger charge is 2.25. The average Bonchev–Trinajstić information content (AvgIpc) is 2.80. The standard InChI is InChI=1S/C29H29B/c1-3-19-29(2,30)28-21-26(23-15-9-5-10-16-23)25(22-13-7-4-8-14-22)20-27(28)24-17-11-6-12-18-24/h4-18,20-21H,3,19,30H2,1-2H3. The van der Waals surface area contributed by atoms with Gasteiger partial charge in [-0.1, -0.05) is 124 Å². The normalized spacial score (nSPS) is 13.0. The summed E-state index contributed by atoms with van der Waals surface area (Å²) in [7, 11) is 2.38. The lowest BCUT2D eigenvalue weighted by atomic mass is 9.61. The molecule has 0 aromatic heterocycles. The monoisotopic (exact) mass is 388 g/mol. The van der Waals surface area contributed by atoms with Gasteiger partial charge >= 0.3 is 0 Å². The Labute approximate surface area is 182 Å². The number of benzene rings is 4. The van der Waals surface area contributed by atoms with Crippen LogP contribution in [0.15, 0.2) is 103 Å². The lowest BCUT2D eigenvalue weighted by molar-refractivity contribution is 0.597. The van der Waals surface area contributed by atoms with E-state index < -0.39 is 0 Å². The van der Waals surface area contributed by atoms with Crippen molar-refractivity contribution in [1.29, 1.82) is 0 Å². The van der Waals surface area contributed by atoms with Gasteiger partial charge in [0.05, 0.1) is 0 Å². The summed E-state index contributed by atoms with van der Waals surface area (Å²) in [5, 5.41) is 0.0959. The summed E-state index contributed by atoms with van der Waals surface area (Å²) in [5.41, 5.74) is 9.17. The van der Waals surface area contributed by atoms with E-state index in [0.717, 1.165) is 6.42 Å². The Kier molecular flexibility index (Phi) is 5.90. The van der Waals surface area contributed by atoms with Gasteiger partial charge in [0.1, 0.15) is 7.85 Å². The molecule has 0 aliphatic carbocycles. The van der Waals surface area contributed by atoms with Crippen LogP contribution in [0.5, 0.6) is 0 Å². The Morgan fingerprint density at radius 1 is 0.600 bits per heavy atom. The van der Waals surface area contributed by atoms with Gasteiger partial charge in [-0.3, -0.25) is 0 Å². The summed E-state index contributed by atoms with van der Waals surface area (Å²) < 4.78 is 0. The van der Waals surface area contributed by atoms with E-state index in [0.29, 0.717) is 0 Å². The van der Waals surface area contributed by atoms with Crippen molar-refractivity contribution in [2.75, 3.05) is 0 Å². The molecule has 0 amide bonds. The van der Waals surface area contributed by atoms with Gasteiger partial charge in [-0.25, -0.2) is 0 Å². The SMILES string of the molecule is BC(C)(CCC)c1cc(-c2ccccc2)c(-c2ccccc2)cc1-c1ccccc1. The fraction of sp³-hybridized carbons (Fsp3) is 0.172. The first-order valence-corrected chi connectivity index (χ1v) is 10.9. The van der Waals surface area contributed by atoms with Crippen molar-refractivity contribution >= 4 is 7.85 Å². The third-order valence-corrected chi connectivity index (χ3v) is 6.02. The molecule has 0 aliphatic heterocycles. The molecular weight excluding hydrogens is 359 g/mol. The molecule has 1 unspecified atom stereocenters. The third kappa shape index (κ3) is 4.12. The van der Waals surface area contributed by atoms with E-state index in [9.17, 15) is 0 Å². The molecule has 4 aromatic rings. The molecule has 0 nitrogen and oxygen atoms in total. The second kappa shape index (κ2) is 8.75. The quantitative estimate of drug-likeness (QED) is 0.303. The molecule has 0 N–H and O–H groups in total. The fourth-order valence-corrected chi connectivity index (χ4v) is 4.49. The molecular formula is C29H29B. The van der Waals surface area contributed by atoms with Gasteiger partial charge in [0.15, 0.2) is 0 Å². The Hall–Kier alpha value is -3.06. The van der Waals surface area contributed by atoms with Crippen molar-refractivity contribution < 1.29 is 0 Å². The van der Waals surface area contributed by atoms with Crippen LogP contribution in [-0.4, -0.2) is 7.85 Å². The van der Waals surface area contributed by atoms with E-state index in [1.165, 1.54) is 45.4 Å². The third-order valence-electron chi connectivity index (χ3n) is 6.02.